The van der Waals surface area contributed by atoms with Gasteiger partial charge in [-0.15, -0.1) is 0 Å². The number of likely N-dealkylation sites (tertiary alicyclic amines) is 1. The maximum atomic E-state index is 12.8. The van der Waals surface area contributed by atoms with Crippen LogP contribution < -0.4 is 10.0 Å². The number of sulfonamides is 1. The van der Waals surface area contributed by atoms with Crippen LogP contribution in [0, 0.1) is 0 Å². The minimum Gasteiger partial charge on any atom is -0.350 e. The predicted molar refractivity (Wildman–Crippen MR) is 117 cm³/mol. The van der Waals surface area contributed by atoms with Gasteiger partial charge in [-0.1, -0.05) is 24.8 Å². The number of rotatable bonds is 6. The average Bonchev–Trinajstić information content (AvgIpc) is 3.22. The summed E-state index contributed by atoms with van der Waals surface area (Å²) in [5.41, 5.74) is 1.74. The second-order valence-corrected chi connectivity index (χ2v) is 8.65. The van der Waals surface area contributed by atoms with Crippen LogP contribution in [0.5, 0.6) is 0 Å². The Bertz CT molecular complexity index is 1190. The number of para-hydroxylation sites is 1. The molecule has 2 heterocycles. The first-order valence-electron chi connectivity index (χ1n) is 9.46. The number of fused-ring (bicyclic) bond motifs is 1. The molecule has 0 aliphatic carbocycles. The minimum absolute atomic E-state index is 0.0637. The molecule has 9 heteroatoms. The zero-order valence-corrected chi connectivity index (χ0v) is 17.0. The number of nitrogens with zero attached hydrogens (tertiary/aromatic N) is 3. The van der Waals surface area contributed by atoms with E-state index in [0.29, 0.717) is 30.3 Å². The average molecular weight is 423 g/mol. The summed E-state index contributed by atoms with van der Waals surface area (Å²) in [6.07, 6.45) is 2.57. The lowest BCUT2D eigenvalue weighted by atomic mass is 10.2. The second kappa shape index (κ2) is 8.11. The Morgan fingerprint density at radius 1 is 1.17 bits per heavy atom. The van der Waals surface area contributed by atoms with Crippen molar-refractivity contribution in [1.82, 2.24) is 14.9 Å². The van der Waals surface area contributed by atoms with Gasteiger partial charge in [0.05, 0.1) is 5.52 Å². The molecule has 3 aromatic rings. The molecule has 154 valence electrons. The van der Waals surface area contributed by atoms with Crippen molar-refractivity contribution < 1.29 is 13.2 Å². The molecule has 0 bridgehead atoms. The molecule has 1 aliphatic rings. The number of amides is 1. The number of hydrogen-bond donors (Lipinski definition) is 2. The van der Waals surface area contributed by atoms with Gasteiger partial charge in [0.1, 0.15) is 0 Å². The van der Waals surface area contributed by atoms with E-state index in [1.54, 1.807) is 35.4 Å². The number of benzene rings is 2. The molecule has 0 spiro atoms. The van der Waals surface area contributed by atoms with E-state index >= 15 is 0 Å². The second-order valence-electron chi connectivity index (χ2n) is 7.02. The van der Waals surface area contributed by atoms with Gasteiger partial charge >= 0.3 is 0 Å². The van der Waals surface area contributed by atoms with Crippen molar-refractivity contribution in [2.75, 3.05) is 23.1 Å². The molecule has 2 N–H and O–H groups in total. The van der Waals surface area contributed by atoms with Gasteiger partial charge in [-0.2, -0.15) is 0 Å². The van der Waals surface area contributed by atoms with Gasteiger partial charge < -0.3 is 10.2 Å². The summed E-state index contributed by atoms with van der Waals surface area (Å²) in [7, 11) is -3.57. The fourth-order valence-corrected chi connectivity index (χ4v) is 3.90. The van der Waals surface area contributed by atoms with Crippen molar-refractivity contribution in [2.24, 2.45) is 0 Å². The molecule has 2 aromatic carbocycles. The molecule has 0 saturated carbocycles. The Morgan fingerprint density at radius 2 is 1.93 bits per heavy atom. The monoisotopic (exact) mass is 423 g/mol. The van der Waals surface area contributed by atoms with E-state index in [9.17, 15) is 13.2 Å². The van der Waals surface area contributed by atoms with E-state index in [1.807, 2.05) is 24.3 Å². The van der Waals surface area contributed by atoms with Crippen molar-refractivity contribution in [1.29, 1.82) is 0 Å². The molecule has 1 aliphatic heterocycles. The molecular weight excluding hydrogens is 402 g/mol. The minimum atomic E-state index is -3.57. The number of carbonyl (C=O) groups is 1. The highest BCUT2D eigenvalue weighted by molar-refractivity contribution is 7.95. The van der Waals surface area contributed by atoms with Crippen LogP contribution in [-0.4, -0.2) is 48.3 Å². The van der Waals surface area contributed by atoms with Gasteiger partial charge in [-0.25, -0.2) is 18.4 Å². The van der Waals surface area contributed by atoms with Crippen LogP contribution in [-0.2, 0) is 10.0 Å². The quantitative estimate of drug-likeness (QED) is 0.632. The summed E-state index contributed by atoms with van der Waals surface area (Å²) in [6.45, 7) is 4.41. The summed E-state index contributed by atoms with van der Waals surface area (Å²) in [4.78, 5) is 23.4. The zero-order chi connectivity index (χ0) is 21.1. The molecule has 0 unspecified atom stereocenters. The third-order valence-corrected chi connectivity index (χ3v) is 5.87. The summed E-state index contributed by atoms with van der Waals surface area (Å²) >= 11 is 0. The van der Waals surface area contributed by atoms with Crippen LogP contribution in [0.15, 0.2) is 66.7 Å². The first kappa shape index (κ1) is 19.8. The van der Waals surface area contributed by atoms with Gasteiger partial charge in [0, 0.05) is 47.4 Å². The van der Waals surface area contributed by atoms with Crippen LogP contribution in [0.3, 0.4) is 0 Å². The van der Waals surface area contributed by atoms with Crippen LogP contribution in [0.25, 0.3) is 10.9 Å². The van der Waals surface area contributed by atoms with E-state index < -0.39 is 10.0 Å². The predicted octanol–water partition coefficient (Wildman–Crippen LogP) is 2.84. The Morgan fingerprint density at radius 3 is 2.70 bits per heavy atom. The molecule has 1 amide bonds. The number of anilines is 2. The number of nitrogens with one attached hydrogen (secondary N) is 2. The number of carbonyl (C=O) groups excluding carboxylic acids is 1. The standard InChI is InChI=1S/C21H21N5O3S/c1-2-30(28,29)25-17-9-7-15(8-10-17)20(27)26-12-11-18(14-26)23-21-22-13-16-5-3-4-6-19(16)24-21/h2-10,13,18,25H,1,11-12,14H2,(H,22,23,24)/t18-/m1/s1. The highest BCUT2D eigenvalue weighted by Gasteiger charge is 2.27. The van der Waals surface area contributed by atoms with Gasteiger partial charge in [0.2, 0.25) is 5.95 Å². The third-order valence-electron chi connectivity index (χ3n) is 4.91. The van der Waals surface area contributed by atoms with Crippen LogP contribution >= 0.6 is 0 Å². The third kappa shape index (κ3) is 4.41. The first-order valence-corrected chi connectivity index (χ1v) is 11.0. The molecule has 1 aromatic heterocycles. The van der Waals surface area contributed by atoms with E-state index in [4.69, 9.17) is 0 Å². The summed E-state index contributed by atoms with van der Waals surface area (Å²) < 4.78 is 25.4. The fraction of sp³-hybridized carbons (Fsp3) is 0.190. The van der Waals surface area contributed by atoms with Crippen LogP contribution in [0.1, 0.15) is 16.8 Å². The maximum Gasteiger partial charge on any atom is 0.254 e. The highest BCUT2D eigenvalue weighted by atomic mass is 32.2. The smallest absolute Gasteiger partial charge is 0.254 e. The topological polar surface area (TPSA) is 104 Å². The maximum absolute atomic E-state index is 12.8. The van der Waals surface area contributed by atoms with Crippen molar-refractivity contribution in [3.05, 3.63) is 72.3 Å². The molecule has 4 rings (SSSR count). The number of aromatic nitrogens is 2. The number of hydrogen-bond acceptors (Lipinski definition) is 6. The van der Waals surface area contributed by atoms with E-state index in [2.05, 4.69) is 26.6 Å². The Labute approximate surface area is 174 Å². The fourth-order valence-electron chi connectivity index (χ4n) is 3.36. The van der Waals surface area contributed by atoms with Crippen molar-refractivity contribution in [3.63, 3.8) is 0 Å². The Hall–Kier alpha value is -3.46. The summed E-state index contributed by atoms with van der Waals surface area (Å²) in [6, 6.07) is 14.2. The van der Waals surface area contributed by atoms with E-state index in [-0.39, 0.29) is 11.9 Å². The first-order chi connectivity index (χ1) is 14.4. The Balaban J connectivity index is 1.38. The lowest BCUT2D eigenvalue weighted by Gasteiger charge is -2.17. The van der Waals surface area contributed by atoms with Crippen molar-refractivity contribution in [2.45, 2.75) is 12.5 Å². The molecule has 1 fully saturated rings. The summed E-state index contributed by atoms with van der Waals surface area (Å²) in [5.74, 6) is 0.448. The summed E-state index contributed by atoms with van der Waals surface area (Å²) in [5, 5.41) is 5.12. The molecule has 0 radical (unpaired) electrons. The van der Waals surface area contributed by atoms with E-state index in [0.717, 1.165) is 22.7 Å². The highest BCUT2D eigenvalue weighted by Crippen LogP contribution is 2.19. The van der Waals surface area contributed by atoms with Gasteiger partial charge in [0.15, 0.2) is 0 Å². The molecule has 1 atom stereocenters. The van der Waals surface area contributed by atoms with E-state index in [1.165, 1.54) is 0 Å². The van der Waals surface area contributed by atoms with Crippen molar-refractivity contribution in [3.8, 4) is 0 Å². The van der Waals surface area contributed by atoms with Crippen LogP contribution in [0.2, 0.25) is 0 Å². The molecule has 30 heavy (non-hydrogen) atoms. The van der Waals surface area contributed by atoms with Crippen LogP contribution in [0.4, 0.5) is 11.6 Å². The SMILES string of the molecule is C=CS(=O)(=O)Nc1ccc(C(=O)N2CC[C@@H](Nc3ncc4ccccc4n3)C2)cc1. The molecule has 8 nitrogen and oxygen atoms in total. The lowest BCUT2D eigenvalue weighted by molar-refractivity contribution is 0.0791. The normalized spacial score (nSPS) is 16.4. The Kier molecular flexibility index (Phi) is 5.37. The van der Waals surface area contributed by atoms with Crippen molar-refractivity contribution >= 4 is 38.5 Å². The lowest BCUT2D eigenvalue weighted by Crippen LogP contribution is -2.31. The van der Waals surface area contributed by atoms with Gasteiger partial charge in [-0.3, -0.25) is 9.52 Å². The molecular formula is C21H21N5O3S. The largest absolute Gasteiger partial charge is 0.350 e. The zero-order valence-electron chi connectivity index (χ0n) is 16.2. The van der Waals surface area contributed by atoms with Gasteiger partial charge in [-0.05, 0) is 36.8 Å². The van der Waals surface area contributed by atoms with Gasteiger partial charge in [0.25, 0.3) is 15.9 Å². The molecule has 1 saturated heterocycles.